The number of allylic oxidation sites excluding steroid dienone is 3. The quantitative estimate of drug-likeness (QED) is 0.702. The van der Waals surface area contributed by atoms with E-state index >= 15 is 0 Å². The number of rotatable bonds is 7. The van der Waals surface area contributed by atoms with E-state index in [4.69, 9.17) is 9.84 Å². The number of aliphatic hydroxyl groups excluding tert-OH is 1. The Kier molecular flexibility index (Phi) is 7.04. The predicted molar refractivity (Wildman–Crippen MR) is 105 cm³/mol. The first-order chi connectivity index (χ1) is 14.3. The fourth-order valence-corrected chi connectivity index (χ4v) is 3.23. The Morgan fingerprint density at radius 3 is 2.83 bits per heavy atom. The lowest BCUT2D eigenvalue weighted by molar-refractivity contribution is -0.274. The molecule has 3 rings (SSSR count). The van der Waals surface area contributed by atoms with Gasteiger partial charge in [0.05, 0.1) is 12.3 Å². The summed E-state index contributed by atoms with van der Waals surface area (Å²) >= 11 is 0. The molecule has 1 fully saturated rings. The van der Waals surface area contributed by atoms with E-state index in [1.54, 1.807) is 29.2 Å². The van der Waals surface area contributed by atoms with E-state index in [1.807, 2.05) is 6.08 Å². The number of nitrogens with zero attached hydrogens (tertiary/aromatic N) is 1. The van der Waals surface area contributed by atoms with Crippen LogP contribution in [0, 0.1) is 0 Å². The molecule has 2 N–H and O–H groups in total. The average Bonchev–Trinajstić information content (AvgIpc) is 3.04. The monoisotopic (exact) mass is 424 g/mol. The van der Waals surface area contributed by atoms with E-state index in [-0.39, 0.29) is 36.6 Å². The topological polar surface area (TPSA) is 71.0 Å². The molecule has 1 atom stereocenters. The Morgan fingerprint density at radius 2 is 2.07 bits per heavy atom. The van der Waals surface area contributed by atoms with Gasteiger partial charge in [0.2, 0.25) is 0 Å². The van der Waals surface area contributed by atoms with Crippen LogP contribution in [0.25, 0.3) is 0 Å². The molecule has 1 aliphatic heterocycles. The molecule has 0 bridgehead atoms. The predicted octanol–water partition coefficient (Wildman–Crippen LogP) is 3.38. The summed E-state index contributed by atoms with van der Waals surface area (Å²) in [5.41, 5.74) is 0.982. The van der Waals surface area contributed by atoms with Crippen molar-refractivity contribution in [3.05, 3.63) is 59.9 Å². The number of likely N-dealkylation sites (tertiary alicyclic amines) is 1. The largest absolute Gasteiger partial charge is 0.573 e. The van der Waals surface area contributed by atoms with Gasteiger partial charge in [0, 0.05) is 25.6 Å². The van der Waals surface area contributed by atoms with Gasteiger partial charge >= 0.3 is 6.36 Å². The highest BCUT2D eigenvalue weighted by Crippen LogP contribution is 2.31. The third kappa shape index (κ3) is 6.28. The number of benzene rings is 1. The molecule has 9 heteroatoms. The number of halogens is 3. The molecule has 30 heavy (non-hydrogen) atoms. The van der Waals surface area contributed by atoms with Crippen molar-refractivity contribution in [2.24, 2.45) is 0 Å². The Hall–Kier alpha value is -2.94. The van der Waals surface area contributed by atoms with Crippen molar-refractivity contribution in [3.63, 3.8) is 0 Å². The normalized spacial score (nSPS) is 19.1. The van der Waals surface area contributed by atoms with Crippen LogP contribution < -0.4 is 10.1 Å². The lowest BCUT2D eigenvalue weighted by Gasteiger charge is -2.20. The third-order valence-electron chi connectivity index (χ3n) is 4.71. The minimum absolute atomic E-state index is 0.0709. The van der Waals surface area contributed by atoms with E-state index in [0.717, 1.165) is 5.57 Å². The molecule has 1 heterocycles. The highest BCUT2D eigenvalue weighted by Gasteiger charge is 2.33. The third-order valence-corrected chi connectivity index (χ3v) is 4.71. The van der Waals surface area contributed by atoms with Crippen LogP contribution in [0.1, 0.15) is 12.8 Å². The Morgan fingerprint density at radius 1 is 1.27 bits per heavy atom. The maximum atomic E-state index is 12.6. The first-order valence-corrected chi connectivity index (χ1v) is 9.53. The van der Waals surface area contributed by atoms with Crippen LogP contribution in [0.15, 0.2) is 59.9 Å². The van der Waals surface area contributed by atoms with Crippen molar-refractivity contribution in [2.75, 3.05) is 31.6 Å². The maximum absolute atomic E-state index is 12.6. The first kappa shape index (κ1) is 21.8. The zero-order chi connectivity index (χ0) is 21.6. The zero-order valence-corrected chi connectivity index (χ0v) is 16.2. The molecular weight excluding hydrogens is 401 g/mol. The van der Waals surface area contributed by atoms with Gasteiger partial charge in [0.15, 0.2) is 12.4 Å². The molecule has 1 aromatic carbocycles. The van der Waals surface area contributed by atoms with Crippen LogP contribution in [-0.2, 0) is 9.53 Å². The van der Waals surface area contributed by atoms with Crippen LogP contribution in [0.3, 0.4) is 0 Å². The molecule has 6 nitrogen and oxygen atoms in total. The van der Waals surface area contributed by atoms with E-state index < -0.39 is 6.36 Å². The minimum Gasteiger partial charge on any atom is -0.488 e. The Balaban J connectivity index is 1.51. The van der Waals surface area contributed by atoms with Gasteiger partial charge < -0.3 is 24.8 Å². The summed E-state index contributed by atoms with van der Waals surface area (Å²) in [4.78, 5) is 14.1. The molecule has 0 radical (unpaired) electrons. The number of hydrogen-bond donors (Lipinski definition) is 2. The minimum atomic E-state index is -4.78. The molecule has 2 aliphatic rings. The van der Waals surface area contributed by atoms with Crippen molar-refractivity contribution < 1.29 is 32.5 Å². The fraction of sp³-hybridized carbons (Fsp3) is 0.381. The van der Waals surface area contributed by atoms with Gasteiger partial charge in [-0.3, -0.25) is 4.79 Å². The summed E-state index contributed by atoms with van der Waals surface area (Å²) in [5, 5.41) is 12.2. The van der Waals surface area contributed by atoms with Crippen LogP contribution >= 0.6 is 0 Å². The SMILES string of the molecule is O=C(COC1=CC=C(CO)C=CC1)N1CCC(Nc2ccccc2OC(F)(F)F)C1. The van der Waals surface area contributed by atoms with Gasteiger partial charge in [-0.1, -0.05) is 30.4 Å². The van der Waals surface area contributed by atoms with E-state index in [9.17, 15) is 18.0 Å². The van der Waals surface area contributed by atoms with Crippen molar-refractivity contribution in [1.82, 2.24) is 4.90 Å². The van der Waals surface area contributed by atoms with Crippen molar-refractivity contribution in [3.8, 4) is 5.75 Å². The number of carbonyl (C=O) groups excluding carboxylic acids is 1. The number of hydrogen-bond acceptors (Lipinski definition) is 5. The summed E-state index contributed by atoms with van der Waals surface area (Å²) in [7, 11) is 0. The van der Waals surface area contributed by atoms with Crippen molar-refractivity contribution in [2.45, 2.75) is 25.2 Å². The second-order valence-corrected chi connectivity index (χ2v) is 6.94. The number of para-hydroxylation sites is 2. The Bertz CT molecular complexity index is 849. The molecule has 1 saturated heterocycles. The lowest BCUT2D eigenvalue weighted by atomic mass is 10.2. The molecule has 1 aliphatic carbocycles. The highest BCUT2D eigenvalue weighted by atomic mass is 19.4. The Labute approximate surface area is 172 Å². The van der Waals surface area contributed by atoms with Crippen molar-refractivity contribution >= 4 is 11.6 Å². The molecule has 162 valence electrons. The van der Waals surface area contributed by atoms with Crippen molar-refractivity contribution in [1.29, 1.82) is 0 Å². The van der Waals surface area contributed by atoms with Crippen LogP contribution in [0.4, 0.5) is 18.9 Å². The number of nitrogens with one attached hydrogen (secondary N) is 1. The molecule has 1 unspecified atom stereocenters. The zero-order valence-electron chi connectivity index (χ0n) is 16.2. The van der Waals surface area contributed by atoms with Gasteiger partial charge in [0.1, 0.15) is 5.76 Å². The number of alkyl halides is 3. The smallest absolute Gasteiger partial charge is 0.488 e. The summed E-state index contributed by atoms with van der Waals surface area (Å²) in [6, 6.07) is 5.64. The number of aliphatic hydroxyl groups is 1. The number of amides is 1. The summed E-state index contributed by atoms with van der Waals surface area (Å²) in [6.07, 6.45) is 3.45. The molecule has 0 spiro atoms. The lowest BCUT2D eigenvalue weighted by Crippen LogP contribution is -2.34. The molecule has 0 aromatic heterocycles. The molecule has 1 aromatic rings. The maximum Gasteiger partial charge on any atom is 0.573 e. The van der Waals surface area contributed by atoms with Gasteiger partial charge in [-0.2, -0.15) is 0 Å². The van der Waals surface area contributed by atoms with Gasteiger partial charge in [-0.05, 0) is 30.2 Å². The van der Waals surface area contributed by atoms with E-state index in [2.05, 4.69) is 10.1 Å². The first-order valence-electron chi connectivity index (χ1n) is 9.53. The fourth-order valence-electron chi connectivity index (χ4n) is 3.23. The highest BCUT2D eigenvalue weighted by molar-refractivity contribution is 5.78. The molecule has 0 saturated carbocycles. The number of anilines is 1. The van der Waals surface area contributed by atoms with Gasteiger partial charge in [-0.15, -0.1) is 13.2 Å². The van der Waals surface area contributed by atoms with Crippen LogP contribution in [0.5, 0.6) is 5.75 Å². The van der Waals surface area contributed by atoms with Gasteiger partial charge in [0.25, 0.3) is 5.91 Å². The average molecular weight is 424 g/mol. The number of carbonyl (C=O) groups is 1. The summed E-state index contributed by atoms with van der Waals surface area (Å²) < 4.78 is 47.3. The van der Waals surface area contributed by atoms with Crippen LogP contribution in [-0.4, -0.2) is 54.6 Å². The van der Waals surface area contributed by atoms with Crippen LogP contribution in [0.2, 0.25) is 0 Å². The second-order valence-electron chi connectivity index (χ2n) is 6.94. The van der Waals surface area contributed by atoms with E-state index in [0.29, 0.717) is 31.7 Å². The summed E-state index contributed by atoms with van der Waals surface area (Å²) in [5.74, 6) is 0.122. The second kappa shape index (κ2) is 9.71. The number of ether oxygens (including phenoxy) is 2. The molecule has 1 amide bonds. The standard InChI is InChI=1S/C21H23F3N2O4/c22-21(23,24)30-19-7-2-1-6-18(19)25-16-10-11-26(12-16)20(28)14-29-17-5-3-4-15(13-27)8-9-17/h1-4,6-9,16,25,27H,5,10-14H2. The van der Waals surface area contributed by atoms with E-state index in [1.165, 1.54) is 18.2 Å². The summed E-state index contributed by atoms with van der Waals surface area (Å²) in [6.45, 7) is 0.646. The van der Waals surface area contributed by atoms with Gasteiger partial charge in [-0.25, -0.2) is 0 Å². The molecular formula is C21H23F3N2O4.